The Morgan fingerprint density at radius 3 is 2.27 bits per heavy atom. The van der Waals surface area contributed by atoms with E-state index in [2.05, 4.69) is 12.2 Å². The van der Waals surface area contributed by atoms with E-state index in [1.165, 1.54) is 31.4 Å². The van der Waals surface area contributed by atoms with E-state index >= 15 is 0 Å². The predicted octanol–water partition coefficient (Wildman–Crippen LogP) is 5.57. The summed E-state index contributed by atoms with van der Waals surface area (Å²) in [4.78, 5) is 28.3. The number of rotatable bonds is 8. The molecule has 0 aliphatic carbocycles. The van der Waals surface area contributed by atoms with Gasteiger partial charge in [-0.3, -0.25) is 9.59 Å². The zero-order chi connectivity index (χ0) is 23.4. The van der Waals surface area contributed by atoms with Crippen molar-refractivity contribution in [2.24, 2.45) is 0 Å². The number of ether oxygens (including phenoxy) is 1. The first-order chi connectivity index (χ1) is 16.0. The van der Waals surface area contributed by atoms with Crippen LogP contribution in [0.25, 0.3) is 5.57 Å². The monoisotopic (exact) mass is 444 g/mol. The number of halogens is 1. The minimum absolute atomic E-state index is 0.117. The van der Waals surface area contributed by atoms with Crippen molar-refractivity contribution >= 4 is 28.8 Å². The van der Waals surface area contributed by atoms with Crippen LogP contribution in [0.3, 0.4) is 0 Å². The Kier molecular flexibility index (Phi) is 6.54. The van der Waals surface area contributed by atoms with E-state index in [9.17, 15) is 14.0 Å². The van der Waals surface area contributed by atoms with Crippen LogP contribution in [0, 0.1) is 5.82 Å². The lowest BCUT2D eigenvalue weighted by atomic mass is 10.0. The number of anilines is 2. The third kappa shape index (κ3) is 4.51. The highest BCUT2D eigenvalue weighted by Crippen LogP contribution is 2.37. The lowest BCUT2D eigenvalue weighted by molar-refractivity contribution is -0.120. The fourth-order valence-electron chi connectivity index (χ4n) is 3.85. The van der Waals surface area contributed by atoms with E-state index in [0.29, 0.717) is 22.7 Å². The molecule has 0 spiro atoms. The Labute approximate surface area is 192 Å². The molecule has 1 aliphatic heterocycles. The maximum Gasteiger partial charge on any atom is 0.282 e. The first-order valence-electron chi connectivity index (χ1n) is 10.9. The van der Waals surface area contributed by atoms with E-state index in [1.54, 1.807) is 36.4 Å². The number of amides is 2. The number of benzene rings is 3. The number of methoxy groups -OCH3 is 1. The number of unbranched alkanes of at least 4 members (excludes halogenated alkanes) is 1. The largest absolute Gasteiger partial charge is 0.496 e. The van der Waals surface area contributed by atoms with Crippen molar-refractivity contribution in [3.8, 4) is 5.75 Å². The lowest BCUT2D eigenvalue weighted by Gasteiger charge is -2.16. The smallest absolute Gasteiger partial charge is 0.282 e. The van der Waals surface area contributed by atoms with Crippen LogP contribution in [-0.4, -0.2) is 18.9 Å². The molecule has 2 amide bonds. The number of nitrogens with one attached hydrogen (secondary N) is 1. The predicted molar refractivity (Wildman–Crippen MR) is 127 cm³/mol. The molecule has 1 N–H and O–H groups in total. The van der Waals surface area contributed by atoms with Crippen molar-refractivity contribution in [2.75, 3.05) is 17.3 Å². The van der Waals surface area contributed by atoms with Crippen LogP contribution < -0.4 is 15.0 Å². The molecule has 6 heteroatoms. The molecule has 0 unspecified atom stereocenters. The van der Waals surface area contributed by atoms with Crippen LogP contribution in [0.1, 0.15) is 30.9 Å². The maximum absolute atomic E-state index is 13.6. The zero-order valence-electron chi connectivity index (χ0n) is 18.6. The van der Waals surface area contributed by atoms with Crippen LogP contribution in [-0.2, 0) is 16.0 Å². The molecule has 0 atom stereocenters. The summed E-state index contributed by atoms with van der Waals surface area (Å²) in [6.07, 6.45) is 3.11. The third-order valence-corrected chi connectivity index (χ3v) is 5.59. The number of para-hydroxylation sites is 1. The van der Waals surface area contributed by atoms with Gasteiger partial charge < -0.3 is 10.1 Å². The van der Waals surface area contributed by atoms with Crippen molar-refractivity contribution < 1.29 is 18.7 Å². The molecule has 3 aromatic carbocycles. The van der Waals surface area contributed by atoms with Gasteiger partial charge in [0.25, 0.3) is 11.8 Å². The number of hydrogen-bond donors (Lipinski definition) is 1. The molecule has 0 aromatic heterocycles. The Hall–Kier alpha value is -3.93. The average molecular weight is 445 g/mol. The van der Waals surface area contributed by atoms with Gasteiger partial charge in [-0.25, -0.2) is 9.29 Å². The summed E-state index contributed by atoms with van der Waals surface area (Å²) >= 11 is 0. The molecule has 4 rings (SSSR count). The normalized spacial score (nSPS) is 13.6. The zero-order valence-corrected chi connectivity index (χ0v) is 18.6. The van der Waals surface area contributed by atoms with Crippen molar-refractivity contribution in [1.82, 2.24) is 0 Å². The summed E-state index contributed by atoms with van der Waals surface area (Å²) < 4.78 is 18.8. The molecule has 0 saturated heterocycles. The van der Waals surface area contributed by atoms with Crippen LogP contribution in [0.4, 0.5) is 15.8 Å². The Bertz CT molecular complexity index is 1200. The highest BCUT2D eigenvalue weighted by molar-refractivity contribution is 6.46. The van der Waals surface area contributed by atoms with Crippen LogP contribution in [0.5, 0.6) is 5.75 Å². The highest BCUT2D eigenvalue weighted by Gasteiger charge is 2.41. The third-order valence-electron chi connectivity index (χ3n) is 5.59. The second-order valence-electron chi connectivity index (χ2n) is 7.80. The second kappa shape index (κ2) is 9.69. The number of carbonyl (C=O) groups excluding carboxylic acids is 2. The molecule has 168 valence electrons. The van der Waals surface area contributed by atoms with Gasteiger partial charge in [-0.05, 0) is 60.9 Å². The molecule has 0 fully saturated rings. The quantitative estimate of drug-likeness (QED) is 0.461. The molecule has 3 aromatic rings. The standard InChI is InChI=1S/C27H25FN2O3/c1-3-4-7-18-10-16-21(17-11-18)30-26(31)24(22-8-5-6-9-23(22)33-2)25(27(30)32)29-20-14-12-19(28)13-15-20/h5-6,8-17,29H,3-4,7H2,1-2H3. The summed E-state index contributed by atoms with van der Waals surface area (Å²) in [5, 5.41) is 3.03. The van der Waals surface area contributed by atoms with E-state index < -0.39 is 17.6 Å². The SMILES string of the molecule is CCCCc1ccc(N2C(=O)C(Nc3ccc(F)cc3)=C(c3ccccc3OC)C2=O)cc1. The van der Waals surface area contributed by atoms with Gasteiger partial charge in [-0.1, -0.05) is 43.7 Å². The van der Waals surface area contributed by atoms with Crippen molar-refractivity contribution in [1.29, 1.82) is 0 Å². The summed E-state index contributed by atoms with van der Waals surface area (Å²) in [6.45, 7) is 2.14. The first-order valence-corrected chi connectivity index (χ1v) is 10.9. The van der Waals surface area contributed by atoms with Crippen molar-refractivity contribution in [3.05, 3.63) is 95.4 Å². The number of aryl methyl sites for hydroxylation is 1. The van der Waals surface area contributed by atoms with E-state index in [4.69, 9.17) is 4.74 Å². The minimum Gasteiger partial charge on any atom is -0.496 e. The summed E-state index contributed by atoms with van der Waals surface area (Å²) in [6, 6.07) is 20.1. The second-order valence-corrected chi connectivity index (χ2v) is 7.80. The molecular formula is C27H25FN2O3. The topological polar surface area (TPSA) is 58.6 Å². The molecule has 0 radical (unpaired) electrons. The molecule has 1 aliphatic rings. The average Bonchev–Trinajstić information content (AvgIpc) is 3.08. The molecule has 5 nitrogen and oxygen atoms in total. The van der Waals surface area contributed by atoms with Gasteiger partial charge in [0.1, 0.15) is 17.3 Å². The van der Waals surface area contributed by atoms with E-state index in [0.717, 1.165) is 29.7 Å². The Morgan fingerprint density at radius 2 is 1.61 bits per heavy atom. The minimum atomic E-state index is -0.480. The Balaban J connectivity index is 1.76. The maximum atomic E-state index is 13.6. The van der Waals surface area contributed by atoms with Crippen LogP contribution in [0.15, 0.2) is 78.5 Å². The van der Waals surface area contributed by atoms with Gasteiger partial charge in [-0.15, -0.1) is 0 Å². The van der Waals surface area contributed by atoms with Gasteiger partial charge in [-0.2, -0.15) is 0 Å². The summed E-state index contributed by atoms with van der Waals surface area (Å²) in [5.74, 6) is -0.844. The summed E-state index contributed by atoms with van der Waals surface area (Å²) in [5.41, 5.74) is 2.97. The molecule has 0 bridgehead atoms. The Morgan fingerprint density at radius 1 is 0.909 bits per heavy atom. The van der Waals surface area contributed by atoms with Gasteiger partial charge in [0, 0.05) is 11.3 Å². The molecule has 33 heavy (non-hydrogen) atoms. The van der Waals surface area contributed by atoms with Crippen molar-refractivity contribution in [3.63, 3.8) is 0 Å². The van der Waals surface area contributed by atoms with Gasteiger partial charge in [0.2, 0.25) is 0 Å². The number of nitrogens with zero attached hydrogens (tertiary/aromatic N) is 1. The fraction of sp³-hybridized carbons (Fsp3) is 0.185. The first kappa shape index (κ1) is 22.3. The van der Waals surface area contributed by atoms with Gasteiger partial charge >= 0.3 is 0 Å². The van der Waals surface area contributed by atoms with E-state index in [-0.39, 0.29) is 11.3 Å². The molecular weight excluding hydrogens is 419 g/mol. The number of hydrogen-bond acceptors (Lipinski definition) is 4. The van der Waals surface area contributed by atoms with Gasteiger partial charge in [0.05, 0.1) is 18.4 Å². The molecule has 0 saturated carbocycles. The molecule has 1 heterocycles. The van der Waals surface area contributed by atoms with Gasteiger partial charge in [0.15, 0.2) is 0 Å². The highest BCUT2D eigenvalue weighted by atomic mass is 19.1. The summed E-state index contributed by atoms with van der Waals surface area (Å²) in [7, 11) is 1.51. The number of imide groups is 1. The fourth-order valence-corrected chi connectivity index (χ4v) is 3.85. The van der Waals surface area contributed by atoms with E-state index in [1.807, 2.05) is 12.1 Å². The van der Waals surface area contributed by atoms with Crippen LogP contribution in [0.2, 0.25) is 0 Å². The van der Waals surface area contributed by atoms with Crippen LogP contribution >= 0.6 is 0 Å². The van der Waals surface area contributed by atoms with Crippen molar-refractivity contribution in [2.45, 2.75) is 26.2 Å². The lowest BCUT2D eigenvalue weighted by Crippen LogP contribution is -2.32. The number of carbonyl (C=O) groups is 2.